The molecule has 0 aromatic heterocycles. The summed E-state index contributed by atoms with van der Waals surface area (Å²) in [6, 6.07) is 3.36. The van der Waals surface area contributed by atoms with Crippen molar-refractivity contribution in [3.8, 4) is 0 Å². The molecule has 2 aliphatic rings. The van der Waals surface area contributed by atoms with Gasteiger partial charge in [-0.1, -0.05) is 6.42 Å². The second-order valence-corrected chi connectivity index (χ2v) is 6.14. The van der Waals surface area contributed by atoms with E-state index in [0.717, 1.165) is 18.4 Å². The molecule has 0 radical (unpaired) electrons. The van der Waals surface area contributed by atoms with Gasteiger partial charge >= 0.3 is 5.97 Å². The van der Waals surface area contributed by atoms with Gasteiger partial charge in [0, 0.05) is 6.54 Å². The van der Waals surface area contributed by atoms with Gasteiger partial charge in [0.1, 0.15) is 5.82 Å². The molecule has 1 amide bonds. The normalized spacial score (nSPS) is 26.8. The molecule has 0 aliphatic heterocycles. The van der Waals surface area contributed by atoms with Crippen molar-refractivity contribution in [1.82, 2.24) is 5.32 Å². The predicted molar refractivity (Wildman–Crippen MR) is 74.6 cm³/mol. The maximum absolute atomic E-state index is 13.8. The second kappa shape index (κ2) is 5.47. The Labute approximate surface area is 122 Å². The van der Waals surface area contributed by atoms with Crippen LogP contribution >= 0.6 is 0 Å². The van der Waals surface area contributed by atoms with E-state index in [1.165, 1.54) is 31.4 Å². The number of carboxylic acid groups (broad SMARTS) is 1. The predicted octanol–water partition coefficient (Wildman–Crippen LogP) is 2.69. The SMILES string of the molecule is O=C(O)c1ccc(C(=O)NCC2CC3CCC2C3)c(F)c1. The van der Waals surface area contributed by atoms with Crippen LogP contribution in [0.1, 0.15) is 46.4 Å². The van der Waals surface area contributed by atoms with Gasteiger partial charge in [0.2, 0.25) is 0 Å². The molecule has 1 aromatic carbocycles. The number of hydrogen-bond donors (Lipinski definition) is 2. The van der Waals surface area contributed by atoms with Gasteiger partial charge in [-0.25, -0.2) is 9.18 Å². The van der Waals surface area contributed by atoms with Crippen molar-refractivity contribution in [3.63, 3.8) is 0 Å². The molecule has 0 heterocycles. The fourth-order valence-corrected chi connectivity index (χ4v) is 3.78. The van der Waals surface area contributed by atoms with Crippen LogP contribution in [-0.4, -0.2) is 23.5 Å². The average molecular weight is 291 g/mol. The van der Waals surface area contributed by atoms with E-state index in [9.17, 15) is 14.0 Å². The highest BCUT2D eigenvalue weighted by Crippen LogP contribution is 2.47. The lowest BCUT2D eigenvalue weighted by Crippen LogP contribution is -2.32. The van der Waals surface area contributed by atoms with Gasteiger partial charge in [0.05, 0.1) is 11.1 Å². The third kappa shape index (κ3) is 2.77. The summed E-state index contributed by atoms with van der Waals surface area (Å²) in [4.78, 5) is 22.8. The number of nitrogens with one attached hydrogen (secondary N) is 1. The molecule has 0 saturated heterocycles. The summed E-state index contributed by atoms with van der Waals surface area (Å²) in [5.74, 6) is -0.442. The molecule has 2 bridgehead atoms. The molecule has 112 valence electrons. The zero-order valence-corrected chi connectivity index (χ0v) is 11.6. The third-order valence-electron chi connectivity index (χ3n) is 4.87. The topological polar surface area (TPSA) is 66.4 Å². The molecule has 4 nitrogen and oxygen atoms in total. The minimum absolute atomic E-state index is 0.0943. The van der Waals surface area contributed by atoms with Gasteiger partial charge in [0.25, 0.3) is 5.91 Å². The monoisotopic (exact) mass is 291 g/mol. The maximum Gasteiger partial charge on any atom is 0.335 e. The van der Waals surface area contributed by atoms with Crippen molar-refractivity contribution in [2.45, 2.75) is 25.7 Å². The van der Waals surface area contributed by atoms with Gasteiger partial charge < -0.3 is 10.4 Å². The van der Waals surface area contributed by atoms with Crippen LogP contribution in [0.5, 0.6) is 0 Å². The Morgan fingerprint density at radius 2 is 2.10 bits per heavy atom. The zero-order chi connectivity index (χ0) is 15.0. The number of fused-ring (bicyclic) bond motifs is 2. The number of benzene rings is 1. The molecule has 3 atom stereocenters. The van der Waals surface area contributed by atoms with E-state index in [-0.39, 0.29) is 11.1 Å². The van der Waals surface area contributed by atoms with E-state index in [2.05, 4.69) is 5.32 Å². The Morgan fingerprint density at radius 3 is 2.67 bits per heavy atom. The quantitative estimate of drug-likeness (QED) is 0.896. The summed E-state index contributed by atoms with van der Waals surface area (Å²) in [5, 5.41) is 11.6. The first-order valence-electron chi connectivity index (χ1n) is 7.35. The molecule has 2 N–H and O–H groups in total. The first-order chi connectivity index (χ1) is 10.0. The first kappa shape index (κ1) is 14.0. The van der Waals surface area contributed by atoms with Crippen LogP contribution in [0.4, 0.5) is 4.39 Å². The highest BCUT2D eigenvalue weighted by Gasteiger charge is 2.39. The van der Waals surface area contributed by atoms with Crippen molar-refractivity contribution in [1.29, 1.82) is 0 Å². The van der Waals surface area contributed by atoms with E-state index in [1.807, 2.05) is 0 Å². The first-order valence-corrected chi connectivity index (χ1v) is 7.35. The van der Waals surface area contributed by atoms with Gasteiger partial charge in [-0.3, -0.25) is 4.79 Å². The Morgan fingerprint density at radius 1 is 1.29 bits per heavy atom. The number of halogens is 1. The number of carboxylic acids is 1. The minimum Gasteiger partial charge on any atom is -0.478 e. The minimum atomic E-state index is -1.21. The summed E-state index contributed by atoms with van der Waals surface area (Å²) < 4.78 is 13.8. The lowest BCUT2D eigenvalue weighted by Gasteiger charge is -2.21. The highest BCUT2D eigenvalue weighted by atomic mass is 19.1. The maximum atomic E-state index is 13.8. The molecule has 1 aromatic rings. The number of hydrogen-bond acceptors (Lipinski definition) is 2. The number of amides is 1. The van der Waals surface area contributed by atoms with E-state index >= 15 is 0 Å². The zero-order valence-electron chi connectivity index (χ0n) is 11.6. The van der Waals surface area contributed by atoms with Gasteiger partial charge in [-0.05, 0) is 55.2 Å². The molecular weight excluding hydrogens is 273 g/mol. The van der Waals surface area contributed by atoms with Crippen LogP contribution in [0.2, 0.25) is 0 Å². The largest absolute Gasteiger partial charge is 0.478 e. The van der Waals surface area contributed by atoms with Crippen LogP contribution in [0.3, 0.4) is 0 Å². The Bertz CT molecular complexity index is 587. The number of carbonyl (C=O) groups excluding carboxylic acids is 1. The molecule has 2 saturated carbocycles. The van der Waals surface area contributed by atoms with E-state index in [1.54, 1.807) is 0 Å². The average Bonchev–Trinajstić information content (AvgIpc) is 3.07. The summed E-state index contributed by atoms with van der Waals surface area (Å²) in [6.45, 7) is 0.583. The van der Waals surface area contributed by atoms with E-state index in [4.69, 9.17) is 5.11 Å². The lowest BCUT2D eigenvalue weighted by molar-refractivity contribution is 0.0695. The van der Waals surface area contributed by atoms with Crippen molar-refractivity contribution >= 4 is 11.9 Å². The summed E-state index contributed by atoms with van der Waals surface area (Å²) in [6.07, 6.45) is 4.97. The summed E-state index contributed by atoms with van der Waals surface area (Å²) in [5.41, 5.74) is -0.250. The third-order valence-corrected chi connectivity index (χ3v) is 4.87. The molecule has 21 heavy (non-hydrogen) atoms. The van der Waals surface area contributed by atoms with E-state index < -0.39 is 17.7 Å². The Hall–Kier alpha value is -1.91. The number of carbonyl (C=O) groups is 2. The van der Waals surface area contributed by atoms with Crippen LogP contribution in [0, 0.1) is 23.6 Å². The molecule has 2 aliphatic carbocycles. The summed E-state index contributed by atoms with van der Waals surface area (Å²) >= 11 is 0. The molecule has 3 rings (SSSR count). The van der Waals surface area contributed by atoms with Gasteiger partial charge in [-0.2, -0.15) is 0 Å². The highest BCUT2D eigenvalue weighted by molar-refractivity contribution is 5.96. The lowest BCUT2D eigenvalue weighted by atomic mass is 9.89. The van der Waals surface area contributed by atoms with Crippen molar-refractivity contribution in [2.24, 2.45) is 17.8 Å². The van der Waals surface area contributed by atoms with Crippen LogP contribution in [-0.2, 0) is 0 Å². The van der Waals surface area contributed by atoms with Crippen molar-refractivity contribution in [3.05, 3.63) is 35.1 Å². The van der Waals surface area contributed by atoms with Gasteiger partial charge in [0.15, 0.2) is 0 Å². The van der Waals surface area contributed by atoms with Crippen LogP contribution in [0.15, 0.2) is 18.2 Å². The Balaban J connectivity index is 1.61. The van der Waals surface area contributed by atoms with Gasteiger partial charge in [-0.15, -0.1) is 0 Å². The molecular formula is C16H18FNO3. The Kier molecular flexibility index (Phi) is 3.66. The van der Waals surface area contributed by atoms with Crippen LogP contribution in [0.25, 0.3) is 0 Å². The molecule has 5 heteroatoms. The standard InChI is InChI=1S/C16H18FNO3/c17-14-7-11(16(20)21)3-4-13(14)15(19)18-8-12-6-9-1-2-10(12)5-9/h3-4,7,9-10,12H,1-2,5-6,8H2,(H,18,19)(H,20,21). The number of aromatic carboxylic acids is 1. The molecule has 0 spiro atoms. The van der Waals surface area contributed by atoms with E-state index in [0.29, 0.717) is 18.4 Å². The summed E-state index contributed by atoms with van der Waals surface area (Å²) in [7, 11) is 0. The smallest absolute Gasteiger partial charge is 0.335 e. The van der Waals surface area contributed by atoms with Crippen molar-refractivity contribution < 1.29 is 19.1 Å². The number of rotatable bonds is 4. The fourth-order valence-electron chi connectivity index (χ4n) is 3.78. The fraction of sp³-hybridized carbons (Fsp3) is 0.500. The van der Waals surface area contributed by atoms with Crippen molar-refractivity contribution in [2.75, 3.05) is 6.54 Å². The second-order valence-electron chi connectivity index (χ2n) is 6.14. The molecule has 3 unspecified atom stereocenters. The van der Waals surface area contributed by atoms with Crippen LogP contribution < -0.4 is 5.32 Å². The molecule has 2 fully saturated rings.